The lowest BCUT2D eigenvalue weighted by atomic mass is 10.0. The van der Waals surface area contributed by atoms with E-state index in [0.717, 1.165) is 18.7 Å². The molecule has 0 amide bonds. The average molecular weight is 239 g/mol. The minimum atomic E-state index is -0.710. The second-order valence-corrected chi connectivity index (χ2v) is 4.72. The Morgan fingerprint density at radius 2 is 2.18 bits per heavy atom. The molecule has 1 heterocycles. The number of halogens is 1. The van der Waals surface area contributed by atoms with Crippen LogP contribution in [0.2, 0.25) is 0 Å². The second-order valence-electron chi connectivity index (χ2n) is 4.72. The van der Waals surface area contributed by atoms with E-state index < -0.39 is 6.10 Å². The van der Waals surface area contributed by atoms with Crippen molar-refractivity contribution in [3.63, 3.8) is 0 Å². The zero-order valence-electron chi connectivity index (χ0n) is 10.2. The molecule has 1 aliphatic heterocycles. The maximum absolute atomic E-state index is 13.5. The van der Waals surface area contributed by atoms with Crippen LogP contribution in [0.5, 0.6) is 0 Å². The van der Waals surface area contributed by atoms with Gasteiger partial charge in [-0.25, -0.2) is 4.39 Å². The van der Waals surface area contributed by atoms with Crippen LogP contribution in [0.15, 0.2) is 12.1 Å². The van der Waals surface area contributed by atoms with Crippen molar-refractivity contribution < 1.29 is 14.6 Å². The molecule has 2 unspecified atom stereocenters. The number of aliphatic hydroxyl groups is 2. The van der Waals surface area contributed by atoms with E-state index in [1.54, 1.807) is 19.9 Å². The minimum Gasteiger partial charge on any atom is -0.391 e. The van der Waals surface area contributed by atoms with Gasteiger partial charge in [0.2, 0.25) is 0 Å². The molecular formula is C13H18FNO2. The summed E-state index contributed by atoms with van der Waals surface area (Å²) in [7, 11) is 0. The Morgan fingerprint density at radius 3 is 2.71 bits per heavy atom. The Kier molecular flexibility index (Phi) is 3.35. The molecule has 2 atom stereocenters. The summed E-state index contributed by atoms with van der Waals surface area (Å²) in [5.41, 5.74) is 1.98. The van der Waals surface area contributed by atoms with Gasteiger partial charge in [-0.2, -0.15) is 0 Å². The van der Waals surface area contributed by atoms with E-state index in [9.17, 15) is 14.6 Å². The van der Waals surface area contributed by atoms with E-state index in [1.165, 1.54) is 6.07 Å². The molecule has 2 rings (SSSR count). The lowest BCUT2D eigenvalue weighted by molar-refractivity contribution is 0.196. The van der Waals surface area contributed by atoms with E-state index in [2.05, 4.69) is 0 Å². The molecule has 2 N–H and O–H groups in total. The Bertz CT molecular complexity index is 420. The second kappa shape index (κ2) is 4.63. The minimum absolute atomic E-state index is 0.301. The van der Waals surface area contributed by atoms with E-state index in [0.29, 0.717) is 17.7 Å². The van der Waals surface area contributed by atoms with Crippen LogP contribution in [-0.2, 0) is 0 Å². The highest BCUT2D eigenvalue weighted by molar-refractivity contribution is 5.57. The lowest BCUT2D eigenvalue weighted by Crippen LogP contribution is -2.23. The number of benzene rings is 1. The molecule has 94 valence electrons. The zero-order chi connectivity index (χ0) is 12.6. The molecule has 0 radical (unpaired) electrons. The van der Waals surface area contributed by atoms with E-state index >= 15 is 0 Å². The number of aliphatic hydroxyl groups excluding tert-OH is 2. The Labute approximate surface area is 100 Å². The number of anilines is 1. The fraction of sp³-hybridized carbons (Fsp3) is 0.538. The molecule has 1 fully saturated rings. The molecule has 1 aromatic carbocycles. The van der Waals surface area contributed by atoms with Crippen LogP contribution in [0.25, 0.3) is 0 Å². The predicted octanol–water partition coefficient (Wildman–Crippen LogP) is 1.76. The number of hydrogen-bond donors (Lipinski definition) is 2. The summed E-state index contributed by atoms with van der Waals surface area (Å²) in [4.78, 5) is 2.00. The summed E-state index contributed by atoms with van der Waals surface area (Å²) >= 11 is 0. The smallest absolute Gasteiger partial charge is 0.126 e. The van der Waals surface area contributed by atoms with Crippen molar-refractivity contribution in [2.75, 3.05) is 18.0 Å². The van der Waals surface area contributed by atoms with Crippen LogP contribution in [0, 0.1) is 12.7 Å². The first kappa shape index (κ1) is 12.3. The zero-order valence-corrected chi connectivity index (χ0v) is 10.2. The number of nitrogens with zero attached hydrogens (tertiary/aromatic N) is 1. The van der Waals surface area contributed by atoms with Crippen molar-refractivity contribution in [1.29, 1.82) is 0 Å². The molecule has 1 aromatic rings. The van der Waals surface area contributed by atoms with E-state index in [4.69, 9.17) is 0 Å². The molecular weight excluding hydrogens is 221 g/mol. The molecule has 0 spiro atoms. The number of hydrogen-bond acceptors (Lipinski definition) is 3. The molecule has 17 heavy (non-hydrogen) atoms. The first-order valence-corrected chi connectivity index (χ1v) is 5.90. The van der Waals surface area contributed by atoms with E-state index in [1.807, 2.05) is 4.90 Å². The first-order valence-electron chi connectivity index (χ1n) is 5.90. The van der Waals surface area contributed by atoms with Gasteiger partial charge in [0, 0.05) is 24.3 Å². The van der Waals surface area contributed by atoms with Gasteiger partial charge in [0.25, 0.3) is 0 Å². The Morgan fingerprint density at radius 1 is 1.47 bits per heavy atom. The quantitative estimate of drug-likeness (QED) is 0.826. The summed E-state index contributed by atoms with van der Waals surface area (Å²) in [6.45, 7) is 4.62. The van der Waals surface area contributed by atoms with Crippen LogP contribution in [0.4, 0.5) is 10.1 Å². The van der Waals surface area contributed by atoms with Crippen molar-refractivity contribution in [3.05, 3.63) is 29.1 Å². The van der Waals surface area contributed by atoms with Crippen molar-refractivity contribution in [1.82, 2.24) is 0 Å². The van der Waals surface area contributed by atoms with Gasteiger partial charge in [0.05, 0.1) is 12.2 Å². The van der Waals surface area contributed by atoms with Gasteiger partial charge in [0.15, 0.2) is 0 Å². The van der Waals surface area contributed by atoms with Gasteiger partial charge >= 0.3 is 0 Å². The molecule has 0 bridgehead atoms. The molecule has 1 aliphatic rings. The number of aryl methyl sites for hydroxylation is 1. The number of rotatable bonds is 2. The van der Waals surface area contributed by atoms with Crippen molar-refractivity contribution in [2.45, 2.75) is 32.5 Å². The van der Waals surface area contributed by atoms with Crippen LogP contribution in [-0.4, -0.2) is 29.4 Å². The summed E-state index contributed by atoms with van der Waals surface area (Å²) in [5.74, 6) is -0.301. The summed E-state index contributed by atoms with van der Waals surface area (Å²) in [6, 6.07) is 3.13. The fourth-order valence-corrected chi connectivity index (χ4v) is 2.25. The topological polar surface area (TPSA) is 43.7 Å². The highest BCUT2D eigenvalue weighted by Gasteiger charge is 2.24. The SMILES string of the molecule is Cc1cc(N2CCC(O)C2)c(C(C)O)cc1F. The summed E-state index contributed by atoms with van der Waals surface area (Å²) in [5, 5.41) is 19.2. The summed E-state index contributed by atoms with van der Waals surface area (Å²) in [6.07, 6.45) is -0.324. The third kappa shape index (κ3) is 2.42. The van der Waals surface area contributed by atoms with Crippen LogP contribution < -0.4 is 4.90 Å². The lowest BCUT2D eigenvalue weighted by Gasteiger charge is -2.23. The predicted molar refractivity (Wildman–Crippen MR) is 64.6 cm³/mol. The highest BCUT2D eigenvalue weighted by atomic mass is 19.1. The van der Waals surface area contributed by atoms with Gasteiger partial charge < -0.3 is 15.1 Å². The maximum Gasteiger partial charge on any atom is 0.126 e. The fourth-order valence-electron chi connectivity index (χ4n) is 2.25. The third-order valence-corrected chi connectivity index (χ3v) is 3.26. The maximum atomic E-state index is 13.5. The van der Waals surface area contributed by atoms with Gasteiger partial charge in [0.1, 0.15) is 5.82 Å². The molecule has 0 aliphatic carbocycles. The molecule has 0 saturated carbocycles. The van der Waals surface area contributed by atoms with Crippen molar-refractivity contribution in [3.8, 4) is 0 Å². The van der Waals surface area contributed by atoms with Crippen LogP contribution in [0.3, 0.4) is 0 Å². The van der Waals surface area contributed by atoms with Gasteiger partial charge in [-0.15, -0.1) is 0 Å². The van der Waals surface area contributed by atoms with Gasteiger partial charge in [-0.1, -0.05) is 0 Å². The van der Waals surface area contributed by atoms with Crippen LogP contribution in [0.1, 0.15) is 30.6 Å². The van der Waals surface area contributed by atoms with Crippen LogP contribution >= 0.6 is 0 Å². The first-order chi connectivity index (χ1) is 7.99. The molecule has 0 aromatic heterocycles. The standard InChI is InChI=1S/C13H18FNO2/c1-8-5-13(15-4-3-10(17)7-15)11(9(2)16)6-12(8)14/h5-6,9-10,16-17H,3-4,7H2,1-2H3. The largest absolute Gasteiger partial charge is 0.391 e. The van der Waals surface area contributed by atoms with Crippen molar-refractivity contribution >= 4 is 5.69 Å². The summed E-state index contributed by atoms with van der Waals surface area (Å²) < 4.78 is 13.5. The number of β-amino-alcohol motifs (C(OH)–C–C–N with tert-alkyl or cyclic N) is 1. The average Bonchev–Trinajstić information content (AvgIpc) is 2.68. The molecule has 3 nitrogen and oxygen atoms in total. The van der Waals surface area contributed by atoms with Gasteiger partial charge in [-0.3, -0.25) is 0 Å². The van der Waals surface area contributed by atoms with Gasteiger partial charge in [-0.05, 0) is 38.0 Å². The molecule has 4 heteroatoms. The highest BCUT2D eigenvalue weighted by Crippen LogP contribution is 2.31. The Balaban J connectivity index is 2.40. The van der Waals surface area contributed by atoms with E-state index in [-0.39, 0.29) is 11.9 Å². The normalized spacial score (nSPS) is 21.9. The third-order valence-electron chi connectivity index (χ3n) is 3.26. The molecule has 1 saturated heterocycles. The monoisotopic (exact) mass is 239 g/mol. The van der Waals surface area contributed by atoms with Crippen molar-refractivity contribution in [2.24, 2.45) is 0 Å². The Hall–Kier alpha value is -1.13.